The molecule has 2 aliphatic carbocycles. The van der Waals surface area contributed by atoms with Crippen LogP contribution in [0.1, 0.15) is 45.4 Å². The molecule has 0 aromatic rings. The van der Waals surface area contributed by atoms with Gasteiger partial charge in [0.2, 0.25) is 11.8 Å². The largest absolute Gasteiger partial charge is 0.352 e. The van der Waals surface area contributed by atoms with Crippen molar-refractivity contribution >= 4 is 17.8 Å². The van der Waals surface area contributed by atoms with Gasteiger partial charge in [-0.25, -0.2) is 13.6 Å². The summed E-state index contributed by atoms with van der Waals surface area (Å²) >= 11 is 0. The number of carbonyl (C=O) groups excluding carboxylic acids is 3. The molecule has 3 aliphatic rings. The van der Waals surface area contributed by atoms with Crippen molar-refractivity contribution in [3.63, 3.8) is 0 Å². The highest BCUT2D eigenvalue weighted by atomic mass is 19.3. The number of nitrogens with one attached hydrogen (secondary N) is 2. The zero-order valence-corrected chi connectivity index (χ0v) is 13.0. The lowest BCUT2D eigenvalue weighted by molar-refractivity contribution is -0.135. The number of halogens is 2. The van der Waals surface area contributed by atoms with Crippen molar-refractivity contribution in [3.05, 3.63) is 0 Å². The Labute approximate surface area is 133 Å². The summed E-state index contributed by atoms with van der Waals surface area (Å²) in [6.45, 7) is 1.33. The summed E-state index contributed by atoms with van der Waals surface area (Å²) in [6, 6.07) is -0.882. The Bertz CT molecular complexity index is 540. The zero-order chi connectivity index (χ0) is 16.8. The van der Waals surface area contributed by atoms with Gasteiger partial charge in [0, 0.05) is 18.9 Å². The number of hydrogen-bond acceptors (Lipinski definition) is 3. The quantitative estimate of drug-likeness (QED) is 0.765. The Morgan fingerprint density at radius 3 is 2.43 bits per heavy atom. The van der Waals surface area contributed by atoms with Crippen LogP contribution in [0.25, 0.3) is 0 Å². The van der Waals surface area contributed by atoms with Crippen LogP contribution in [-0.2, 0) is 9.59 Å². The van der Waals surface area contributed by atoms with Crippen molar-refractivity contribution in [3.8, 4) is 0 Å². The number of alkyl halides is 2. The van der Waals surface area contributed by atoms with Crippen LogP contribution in [0.2, 0.25) is 0 Å². The lowest BCUT2D eigenvalue weighted by atomic mass is 9.92. The van der Waals surface area contributed by atoms with E-state index in [4.69, 9.17) is 0 Å². The first-order chi connectivity index (χ1) is 10.7. The van der Waals surface area contributed by atoms with Crippen LogP contribution >= 0.6 is 0 Å². The van der Waals surface area contributed by atoms with Gasteiger partial charge in [0.25, 0.3) is 5.91 Å². The van der Waals surface area contributed by atoms with E-state index in [1.54, 1.807) is 6.92 Å². The number of carbonyl (C=O) groups is 3. The van der Waals surface area contributed by atoms with E-state index in [0.717, 1.165) is 17.7 Å². The smallest absolute Gasteiger partial charge is 0.325 e. The summed E-state index contributed by atoms with van der Waals surface area (Å²) in [6.07, 6.45) is 1.69. The average Bonchev–Trinajstić information content (AvgIpc) is 3.28. The Morgan fingerprint density at radius 1 is 1.26 bits per heavy atom. The minimum absolute atomic E-state index is 0.132. The molecule has 3 fully saturated rings. The predicted octanol–water partition coefficient (Wildman–Crippen LogP) is 1.40. The molecule has 3 rings (SSSR count). The fraction of sp³-hybridized carbons (Fsp3) is 0.800. The highest BCUT2D eigenvalue weighted by Gasteiger charge is 2.56. The van der Waals surface area contributed by atoms with Crippen LogP contribution in [0, 0.1) is 5.92 Å². The van der Waals surface area contributed by atoms with Crippen molar-refractivity contribution in [2.24, 2.45) is 5.92 Å². The Kier molecular flexibility index (Phi) is 3.80. The van der Waals surface area contributed by atoms with Gasteiger partial charge in [-0.1, -0.05) is 0 Å². The molecule has 1 aliphatic heterocycles. The molecule has 4 amide bonds. The molecular weight excluding hydrogens is 308 g/mol. The molecule has 0 spiro atoms. The lowest BCUT2D eigenvalue weighted by Gasteiger charge is -2.29. The first-order valence-corrected chi connectivity index (χ1v) is 8.02. The summed E-state index contributed by atoms with van der Waals surface area (Å²) in [7, 11) is 0. The molecule has 0 aromatic heterocycles. The van der Waals surface area contributed by atoms with Gasteiger partial charge in [0.05, 0.1) is 0 Å². The standard InChI is InChI=1S/C15H21F2N3O3/c1-14(9-2-3-9)12(22)20(13(23)19-14)8-11(21)18-10-4-6-15(16,17)7-5-10/h9-10H,2-8H2,1H3,(H,18,21)(H,19,23). The fourth-order valence-electron chi connectivity index (χ4n) is 3.40. The number of hydrogen-bond donors (Lipinski definition) is 2. The highest BCUT2D eigenvalue weighted by Crippen LogP contribution is 2.42. The van der Waals surface area contributed by atoms with Crippen molar-refractivity contribution in [1.29, 1.82) is 0 Å². The van der Waals surface area contributed by atoms with E-state index < -0.39 is 23.4 Å². The van der Waals surface area contributed by atoms with Gasteiger partial charge < -0.3 is 10.6 Å². The number of nitrogens with zero attached hydrogens (tertiary/aromatic N) is 1. The minimum atomic E-state index is -2.65. The molecule has 6 nitrogen and oxygen atoms in total. The lowest BCUT2D eigenvalue weighted by Crippen LogP contribution is -2.48. The third kappa shape index (κ3) is 3.16. The second-order valence-electron chi connectivity index (χ2n) is 7.00. The molecule has 8 heteroatoms. The first kappa shape index (κ1) is 16.1. The molecule has 1 unspecified atom stereocenters. The molecule has 0 bridgehead atoms. The minimum Gasteiger partial charge on any atom is -0.352 e. The molecule has 1 saturated heterocycles. The maximum absolute atomic E-state index is 13.1. The SMILES string of the molecule is CC1(C2CC2)NC(=O)N(CC(=O)NC2CCC(F)(F)CC2)C1=O. The fourth-order valence-corrected chi connectivity index (χ4v) is 3.40. The van der Waals surface area contributed by atoms with Crippen LogP contribution in [0.4, 0.5) is 13.6 Å². The van der Waals surface area contributed by atoms with Crippen LogP contribution in [0.3, 0.4) is 0 Å². The van der Waals surface area contributed by atoms with Gasteiger partial charge in [-0.3, -0.25) is 14.5 Å². The van der Waals surface area contributed by atoms with Gasteiger partial charge in [0.1, 0.15) is 12.1 Å². The molecule has 128 valence electrons. The van der Waals surface area contributed by atoms with Crippen LogP contribution in [0.5, 0.6) is 0 Å². The van der Waals surface area contributed by atoms with Crippen molar-refractivity contribution in [2.75, 3.05) is 6.54 Å². The molecule has 2 saturated carbocycles. The molecule has 1 atom stereocenters. The average molecular weight is 329 g/mol. The van der Waals surface area contributed by atoms with Crippen LogP contribution < -0.4 is 10.6 Å². The monoisotopic (exact) mass is 329 g/mol. The van der Waals surface area contributed by atoms with E-state index in [0.29, 0.717) is 0 Å². The molecule has 23 heavy (non-hydrogen) atoms. The van der Waals surface area contributed by atoms with E-state index in [1.807, 2.05) is 0 Å². The van der Waals surface area contributed by atoms with E-state index in [-0.39, 0.29) is 50.1 Å². The summed E-state index contributed by atoms with van der Waals surface area (Å²) in [5.74, 6) is -3.38. The van der Waals surface area contributed by atoms with Gasteiger partial charge in [-0.2, -0.15) is 0 Å². The second-order valence-corrected chi connectivity index (χ2v) is 7.00. The predicted molar refractivity (Wildman–Crippen MR) is 76.7 cm³/mol. The van der Waals surface area contributed by atoms with Gasteiger partial charge in [-0.15, -0.1) is 0 Å². The Morgan fingerprint density at radius 2 is 1.87 bits per heavy atom. The topological polar surface area (TPSA) is 78.5 Å². The normalized spacial score (nSPS) is 31.2. The summed E-state index contributed by atoms with van der Waals surface area (Å²) < 4.78 is 26.2. The summed E-state index contributed by atoms with van der Waals surface area (Å²) in [4.78, 5) is 37.3. The number of amides is 4. The molecule has 2 N–H and O–H groups in total. The molecule has 1 heterocycles. The molecule has 0 aromatic carbocycles. The van der Waals surface area contributed by atoms with Crippen LogP contribution in [-0.4, -0.2) is 46.8 Å². The Hall–Kier alpha value is -1.73. The second kappa shape index (κ2) is 5.42. The van der Waals surface area contributed by atoms with Crippen molar-refractivity contribution in [1.82, 2.24) is 15.5 Å². The number of imide groups is 1. The molecule has 0 radical (unpaired) electrons. The zero-order valence-electron chi connectivity index (χ0n) is 13.0. The highest BCUT2D eigenvalue weighted by molar-refractivity contribution is 6.09. The van der Waals surface area contributed by atoms with Crippen molar-refractivity contribution < 1.29 is 23.2 Å². The van der Waals surface area contributed by atoms with Gasteiger partial charge >= 0.3 is 6.03 Å². The summed E-state index contributed by atoms with van der Waals surface area (Å²) in [5.41, 5.74) is -0.912. The first-order valence-electron chi connectivity index (χ1n) is 8.02. The number of urea groups is 1. The van der Waals surface area contributed by atoms with Gasteiger partial charge in [-0.05, 0) is 38.5 Å². The molecular formula is C15H21F2N3O3. The maximum atomic E-state index is 13.1. The number of rotatable bonds is 4. The van der Waals surface area contributed by atoms with E-state index in [9.17, 15) is 23.2 Å². The van der Waals surface area contributed by atoms with Crippen molar-refractivity contribution in [2.45, 2.75) is 63.0 Å². The summed E-state index contributed by atoms with van der Waals surface area (Å²) in [5, 5.41) is 5.32. The Balaban J connectivity index is 1.54. The van der Waals surface area contributed by atoms with E-state index in [1.165, 1.54) is 0 Å². The van der Waals surface area contributed by atoms with E-state index in [2.05, 4.69) is 10.6 Å². The third-order valence-electron chi connectivity index (χ3n) is 5.08. The van der Waals surface area contributed by atoms with E-state index >= 15 is 0 Å². The van der Waals surface area contributed by atoms with Crippen LogP contribution in [0.15, 0.2) is 0 Å². The third-order valence-corrected chi connectivity index (χ3v) is 5.08. The maximum Gasteiger partial charge on any atom is 0.325 e. The van der Waals surface area contributed by atoms with Gasteiger partial charge in [0.15, 0.2) is 0 Å².